The minimum Gasteiger partial charge on any atom is -0.444 e. The fraction of sp³-hybridized carbons (Fsp3) is 0.769. The molecule has 0 aromatic rings. The average molecular weight is 238 g/mol. The number of carbonyl (C=O) groups is 1. The average Bonchev–Trinajstić information content (AvgIpc) is 2.65. The van der Waals surface area contributed by atoms with Gasteiger partial charge in [0.2, 0.25) is 0 Å². The highest BCUT2D eigenvalue weighted by Crippen LogP contribution is 2.27. The van der Waals surface area contributed by atoms with Crippen LogP contribution >= 0.6 is 0 Å². The Kier molecular flexibility index (Phi) is 3.17. The standard InChI is InChI=1S/C13H22N2O2/c1-12(2,3)17-11(16)15-9-6-13(7-10-15)5-4-8-14-13/h4-5,14H,6-10H2,1-3H3. The molecule has 0 unspecified atom stereocenters. The maximum absolute atomic E-state index is 11.9. The zero-order valence-corrected chi connectivity index (χ0v) is 11.0. The number of nitrogens with one attached hydrogen (secondary N) is 1. The lowest BCUT2D eigenvalue weighted by Crippen LogP contribution is -2.52. The first-order valence-corrected chi connectivity index (χ1v) is 6.31. The molecular formula is C13H22N2O2. The van der Waals surface area contributed by atoms with Gasteiger partial charge in [0.25, 0.3) is 0 Å². The molecule has 0 aromatic carbocycles. The molecule has 0 radical (unpaired) electrons. The van der Waals surface area contributed by atoms with Crippen LogP contribution in [-0.2, 0) is 4.74 Å². The van der Waals surface area contributed by atoms with E-state index in [0.29, 0.717) is 0 Å². The van der Waals surface area contributed by atoms with Crippen LogP contribution < -0.4 is 5.32 Å². The maximum atomic E-state index is 11.9. The molecule has 1 N–H and O–H groups in total. The van der Waals surface area contributed by atoms with Crippen molar-refractivity contribution in [2.75, 3.05) is 19.6 Å². The third kappa shape index (κ3) is 3.00. The lowest BCUT2D eigenvalue weighted by molar-refractivity contribution is 0.0176. The first-order chi connectivity index (χ1) is 7.90. The number of hydrogen-bond donors (Lipinski definition) is 1. The van der Waals surface area contributed by atoms with E-state index in [-0.39, 0.29) is 11.6 Å². The summed E-state index contributed by atoms with van der Waals surface area (Å²) < 4.78 is 5.38. The van der Waals surface area contributed by atoms with E-state index >= 15 is 0 Å². The van der Waals surface area contributed by atoms with E-state index in [9.17, 15) is 4.79 Å². The number of amides is 1. The molecule has 4 heteroatoms. The Morgan fingerprint density at radius 2 is 2.00 bits per heavy atom. The lowest BCUT2D eigenvalue weighted by Gasteiger charge is -2.39. The van der Waals surface area contributed by atoms with Crippen LogP contribution in [0.25, 0.3) is 0 Å². The van der Waals surface area contributed by atoms with Crippen LogP contribution in [0.1, 0.15) is 33.6 Å². The molecule has 17 heavy (non-hydrogen) atoms. The Balaban J connectivity index is 1.86. The van der Waals surface area contributed by atoms with Crippen LogP contribution in [0.4, 0.5) is 4.79 Å². The zero-order valence-electron chi connectivity index (χ0n) is 11.0. The van der Waals surface area contributed by atoms with E-state index in [1.165, 1.54) is 0 Å². The molecule has 0 atom stereocenters. The van der Waals surface area contributed by atoms with Gasteiger partial charge in [-0.3, -0.25) is 0 Å². The van der Waals surface area contributed by atoms with Gasteiger partial charge >= 0.3 is 6.09 Å². The van der Waals surface area contributed by atoms with E-state index in [4.69, 9.17) is 4.74 Å². The molecule has 2 heterocycles. The fourth-order valence-corrected chi connectivity index (χ4v) is 2.36. The van der Waals surface area contributed by atoms with E-state index in [1.54, 1.807) is 0 Å². The summed E-state index contributed by atoms with van der Waals surface area (Å²) in [5.74, 6) is 0. The molecule has 1 spiro atoms. The van der Waals surface area contributed by atoms with Gasteiger partial charge < -0.3 is 15.0 Å². The van der Waals surface area contributed by atoms with Crippen molar-refractivity contribution in [1.82, 2.24) is 10.2 Å². The molecule has 96 valence electrons. The highest BCUT2D eigenvalue weighted by atomic mass is 16.6. The van der Waals surface area contributed by atoms with E-state index in [1.807, 2.05) is 25.7 Å². The van der Waals surface area contributed by atoms with E-state index < -0.39 is 5.60 Å². The third-order valence-electron chi connectivity index (χ3n) is 3.32. The van der Waals surface area contributed by atoms with Gasteiger partial charge in [-0.1, -0.05) is 12.2 Å². The van der Waals surface area contributed by atoms with Gasteiger partial charge in [-0.05, 0) is 33.6 Å². The topological polar surface area (TPSA) is 41.6 Å². The molecule has 0 aromatic heterocycles. The van der Waals surface area contributed by atoms with Crippen LogP contribution in [-0.4, -0.2) is 41.8 Å². The Bertz CT molecular complexity index is 323. The molecule has 2 aliphatic heterocycles. The van der Waals surface area contributed by atoms with Crippen molar-refractivity contribution in [3.8, 4) is 0 Å². The van der Waals surface area contributed by atoms with Gasteiger partial charge in [0.15, 0.2) is 0 Å². The summed E-state index contributed by atoms with van der Waals surface area (Å²) in [6, 6.07) is 0. The molecular weight excluding hydrogens is 216 g/mol. The van der Waals surface area contributed by atoms with Crippen molar-refractivity contribution < 1.29 is 9.53 Å². The van der Waals surface area contributed by atoms with Gasteiger partial charge in [-0.2, -0.15) is 0 Å². The molecule has 1 amide bonds. The highest BCUT2D eigenvalue weighted by molar-refractivity contribution is 5.68. The Morgan fingerprint density at radius 3 is 2.47 bits per heavy atom. The van der Waals surface area contributed by atoms with E-state index in [0.717, 1.165) is 32.5 Å². The molecule has 4 nitrogen and oxygen atoms in total. The van der Waals surface area contributed by atoms with Gasteiger partial charge in [0, 0.05) is 25.2 Å². The summed E-state index contributed by atoms with van der Waals surface area (Å²) in [4.78, 5) is 13.7. The second kappa shape index (κ2) is 4.33. The second-order valence-electron chi connectivity index (χ2n) is 5.91. The Morgan fingerprint density at radius 1 is 1.35 bits per heavy atom. The normalized spacial score (nSPS) is 23.1. The van der Waals surface area contributed by atoms with Crippen LogP contribution in [0.5, 0.6) is 0 Å². The number of piperidine rings is 1. The van der Waals surface area contributed by atoms with Gasteiger partial charge in [0.05, 0.1) is 0 Å². The smallest absolute Gasteiger partial charge is 0.410 e. The van der Waals surface area contributed by atoms with E-state index in [2.05, 4.69) is 17.5 Å². The first-order valence-electron chi connectivity index (χ1n) is 6.31. The largest absolute Gasteiger partial charge is 0.444 e. The van der Waals surface area contributed by atoms with Crippen molar-refractivity contribution in [2.24, 2.45) is 0 Å². The number of nitrogens with zero attached hydrogens (tertiary/aromatic N) is 1. The van der Waals surface area contributed by atoms with Crippen molar-refractivity contribution >= 4 is 6.09 Å². The van der Waals surface area contributed by atoms with Crippen molar-refractivity contribution in [3.05, 3.63) is 12.2 Å². The summed E-state index contributed by atoms with van der Waals surface area (Å²) in [6.07, 6.45) is 6.18. The predicted molar refractivity (Wildman–Crippen MR) is 66.9 cm³/mol. The Hall–Kier alpha value is -1.03. The third-order valence-corrected chi connectivity index (χ3v) is 3.32. The van der Waals surface area contributed by atoms with Crippen LogP contribution in [0.15, 0.2) is 12.2 Å². The molecule has 2 aliphatic rings. The molecule has 0 aliphatic carbocycles. The van der Waals surface area contributed by atoms with Crippen molar-refractivity contribution in [1.29, 1.82) is 0 Å². The van der Waals surface area contributed by atoms with Crippen LogP contribution in [0.3, 0.4) is 0 Å². The van der Waals surface area contributed by atoms with Gasteiger partial charge in [-0.15, -0.1) is 0 Å². The quantitative estimate of drug-likeness (QED) is 0.655. The zero-order chi connectivity index (χ0) is 12.5. The van der Waals surface area contributed by atoms with Crippen LogP contribution in [0.2, 0.25) is 0 Å². The highest BCUT2D eigenvalue weighted by Gasteiger charge is 2.36. The van der Waals surface area contributed by atoms with Crippen molar-refractivity contribution in [2.45, 2.75) is 44.8 Å². The minimum absolute atomic E-state index is 0.137. The Labute approximate surface area is 103 Å². The summed E-state index contributed by atoms with van der Waals surface area (Å²) >= 11 is 0. The summed E-state index contributed by atoms with van der Waals surface area (Å²) in [7, 11) is 0. The predicted octanol–water partition coefficient (Wildman–Crippen LogP) is 1.92. The number of carbonyl (C=O) groups excluding carboxylic acids is 1. The minimum atomic E-state index is -0.405. The first kappa shape index (κ1) is 12.4. The fourth-order valence-electron chi connectivity index (χ4n) is 2.36. The molecule has 0 bridgehead atoms. The summed E-state index contributed by atoms with van der Waals surface area (Å²) in [5, 5.41) is 3.49. The number of ether oxygens (including phenoxy) is 1. The van der Waals surface area contributed by atoms with Crippen LogP contribution in [0, 0.1) is 0 Å². The number of hydrogen-bond acceptors (Lipinski definition) is 3. The maximum Gasteiger partial charge on any atom is 0.410 e. The second-order valence-corrected chi connectivity index (χ2v) is 5.91. The summed E-state index contributed by atoms with van der Waals surface area (Å²) in [6.45, 7) is 8.19. The lowest BCUT2D eigenvalue weighted by atomic mass is 9.89. The number of likely N-dealkylation sites (tertiary alicyclic amines) is 1. The van der Waals surface area contributed by atoms with Gasteiger partial charge in [0.1, 0.15) is 5.60 Å². The van der Waals surface area contributed by atoms with Crippen molar-refractivity contribution in [3.63, 3.8) is 0 Å². The molecule has 2 rings (SSSR count). The number of rotatable bonds is 0. The SMILES string of the molecule is CC(C)(C)OC(=O)N1CCC2(C=CCN2)CC1. The molecule has 1 saturated heterocycles. The summed E-state index contributed by atoms with van der Waals surface area (Å²) in [5.41, 5.74) is -0.268. The molecule has 1 fully saturated rings. The van der Waals surface area contributed by atoms with Gasteiger partial charge in [-0.25, -0.2) is 4.79 Å². The monoisotopic (exact) mass is 238 g/mol. The molecule has 0 saturated carbocycles.